The Kier molecular flexibility index (Phi) is 3.14. The monoisotopic (exact) mass is 185 g/mol. The zero-order chi connectivity index (χ0) is 9.90. The minimum Gasteiger partial charge on any atom is -0.444 e. The number of alkyl carbamates (subject to hydrolysis) is 1. The topological polar surface area (TPSA) is 52.4 Å². The molecule has 0 bridgehead atoms. The third-order valence-corrected chi connectivity index (χ3v) is 1.71. The van der Waals surface area contributed by atoms with E-state index in [1.807, 2.05) is 20.8 Å². The number of nitrogens with one attached hydrogen (secondary N) is 1. The average Bonchev–Trinajstić information content (AvgIpc) is 2.34. The molecule has 1 aliphatic rings. The van der Waals surface area contributed by atoms with E-state index in [1.54, 1.807) is 0 Å². The molecule has 1 rings (SSSR count). The molecule has 0 saturated carbocycles. The lowest BCUT2D eigenvalue weighted by molar-refractivity contribution is 0.0508. The number of ether oxygens (including phenoxy) is 1. The van der Waals surface area contributed by atoms with Gasteiger partial charge in [0.25, 0.3) is 0 Å². The summed E-state index contributed by atoms with van der Waals surface area (Å²) >= 11 is 0. The highest BCUT2D eigenvalue weighted by Crippen LogP contribution is 2.07. The first-order valence-electron chi connectivity index (χ1n) is 4.60. The van der Waals surface area contributed by atoms with Crippen LogP contribution in [0.25, 0.3) is 0 Å². The molecule has 1 heterocycles. The van der Waals surface area contributed by atoms with Crippen molar-refractivity contribution in [1.82, 2.24) is 10.6 Å². The van der Waals surface area contributed by atoms with Crippen LogP contribution < -0.4 is 10.6 Å². The molecule has 1 radical (unpaired) electrons. The molecule has 0 aromatic rings. The molecule has 0 aliphatic carbocycles. The minimum atomic E-state index is -0.417. The zero-order valence-electron chi connectivity index (χ0n) is 8.46. The van der Waals surface area contributed by atoms with Crippen molar-refractivity contribution >= 4 is 6.09 Å². The number of amides is 1. The van der Waals surface area contributed by atoms with E-state index >= 15 is 0 Å². The van der Waals surface area contributed by atoms with Crippen LogP contribution in [0.1, 0.15) is 27.2 Å². The highest BCUT2D eigenvalue weighted by molar-refractivity contribution is 5.68. The summed E-state index contributed by atoms with van der Waals surface area (Å²) in [7, 11) is 0. The molecule has 1 saturated heterocycles. The number of hydrogen-bond donors (Lipinski definition) is 1. The first-order valence-corrected chi connectivity index (χ1v) is 4.60. The third kappa shape index (κ3) is 4.12. The Morgan fingerprint density at radius 2 is 2.23 bits per heavy atom. The summed E-state index contributed by atoms with van der Waals surface area (Å²) in [6.45, 7) is 7.13. The van der Waals surface area contributed by atoms with Gasteiger partial charge in [-0.15, -0.1) is 0 Å². The second kappa shape index (κ2) is 3.96. The lowest BCUT2D eigenvalue weighted by Crippen LogP contribution is -2.39. The Balaban J connectivity index is 2.24. The quantitative estimate of drug-likeness (QED) is 0.659. The number of carbonyl (C=O) groups excluding carboxylic acids is 1. The third-order valence-electron chi connectivity index (χ3n) is 1.71. The average molecular weight is 185 g/mol. The van der Waals surface area contributed by atoms with Gasteiger partial charge in [0.05, 0.1) is 0 Å². The second-order valence-corrected chi connectivity index (χ2v) is 4.26. The summed E-state index contributed by atoms with van der Waals surface area (Å²) in [4.78, 5) is 11.2. The standard InChI is InChI=1S/C9H17N2O2/c1-9(2,3)13-8(12)11-7-4-5-10-6-7/h7H,4-6H2,1-3H3,(H,11,12)/t7-/m1/s1. The molecule has 1 amide bonds. The van der Waals surface area contributed by atoms with Crippen LogP contribution in [0.2, 0.25) is 0 Å². The number of carbonyl (C=O) groups is 1. The molecule has 0 spiro atoms. The Morgan fingerprint density at radius 1 is 1.54 bits per heavy atom. The number of hydrogen-bond acceptors (Lipinski definition) is 2. The fraction of sp³-hybridized carbons (Fsp3) is 0.889. The van der Waals surface area contributed by atoms with Gasteiger partial charge in [0.2, 0.25) is 0 Å². The normalized spacial score (nSPS) is 22.8. The molecular formula is C9H17N2O2. The summed E-state index contributed by atoms with van der Waals surface area (Å²) in [6.07, 6.45) is 0.591. The maximum Gasteiger partial charge on any atom is 0.407 e. The highest BCUT2D eigenvalue weighted by atomic mass is 16.6. The fourth-order valence-corrected chi connectivity index (χ4v) is 1.18. The Bertz CT molecular complexity index is 181. The Labute approximate surface area is 79.0 Å². The lowest BCUT2D eigenvalue weighted by Gasteiger charge is -2.21. The van der Waals surface area contributed by atoms with Crippen molar-refractivity contribution in [1.29, 1.82) is 0 Å². The SMILES string of the molecule is CC(C)(C)OC(=O)N[C@@H]1CC[N]C1. The summed E-state index contributed by atoms with van der Waals surface area (Å²) < 4.78 is 5.11. The molecule has 13 heavy (non-hydrogen) atoms. The van der Waals surface area contributed by atoms with Crippen molar-refractivity contribution in [3.05, 3.63) is 0 Å². The molecule has 0 aromatic carbocycles. The van der Waals surface area contributed by atoms with Crippen LogP contribution in [0.3, 0.4) is 0 Å². The first kappa shape index (κ1) is 10.3. The van der Waals surface area contributed by atoms with E-state index in [2.05, 4.69) is 10.6 Å². The molecule has 1 atom stereocenters. The first-order chi connectivity index (χ1) is 5.97. The van der Waals surface area contributed by atoms with Gasteiger partial charge in [-0.05, 0) is 27.2 Å². The summed E-state index contributed by atoms with van der Waals surface area (Å²) in [5.74, 6) is 0. The van der Waals surface area contributed by atoms with Crippen molar-refractivity contribution in [3.63, 3.8) is 0 Å². The van der Waals surface area contributed by atoms with E-state index in [-0.39, 0.29) is 12.1 Å². The van der Waals surface area contributed by atoms with Gasteiger partial charge in [-0.3, -0.25) is 0 Å². The zero-order valence-corrected chi connectivity index (χ0v) is 8.46. The number of rotatable bonds is 1. The van der Waals surface area contributed by atoms with Crippen molar-refractivity contribution in [2.45, 2.75) is 38.8 Å². The van der Waals surface area contributed by atoms with Gasteiger partial charge >= 0.3 is 6.09 Å². The highest BCUT2D eigenvalue weighted by Gasteiger charge is 2.21. The van der Waals surface area contributed by atoms with Gasteiger partial charge < -0.3 is 10.1 Å². The van der Waals surface area contributed by atoms with Crippen molar-refractivity contribution in [2.24, 2.45) is 0 Å². The minimum absolute atomic E-state index is 0.176. The van der Waals surface area contributed by atoms with Crippen LogP contribution in [0.5, 0.6) is 0 Å². The van der Waals surface area contributed by atoms with Crippen molar-refractivity contribution in [3.8, 4) is 0 Å². The van der Waals surface area contributed by atoms with E-state index in [0.717, 1.165) is 19.5 Å². The lowest BCUT2D eigenvalue weighted by atomic mass is 10.2. The van der Waals surface area contributed by atoms with E-state index in [1.165, 1.54) is 0 Å². The molecule has 1 fully saturated rings. The molecule has 4 nitrogen and oxygen atoms in total. The molecule has 1 N–H and O–H groups in total. The van der Waals surface area contributed by atoms with Crippen LogP contribution in [0, 0.1) is 0 Å². The van der Waals surface area contributed by atoms with Gasteiger partial charge in [-0.2, -0.15) is 0 Å². The maximum absolute atomic E-state index is 11.2. The molecule has 4 heteroatoms. The van der Waals surface area contributed by atoms with Crippen LogP contribution in [0.4, 0.5) is 4.79 Å². The van der Waals surface area contributed by atoms with Crippen LogP contribution >= 0.6 is 0 Å². The molecule has 75 valence electrons. The summed E-state index contributed by atoms with van der Waals surface area (Å²) in [6, 6.07) is 0.176. The van der Waals surface area contributed by atoms with Crippen molar-refractivity contribution in [2.75, 3.05) is 13.1 Å². The Morgan fingerprint density at radius 3 is 2.69 bits per heavy atom. The van der Waals surface area contributed by atoms with E-state index in [4.69, 9.17) is 4.74 Å². The molecule has 0 unspecified atom stereocenters. The van der Waals surface area contributed by atoms with Crippen LogP contribution in [-0.4, -0.2) is 30.8 Å². The van der Waals surface area contributed by atoms with E-state index in [0.29, 0.717) is 0 Å². The predicted octanol–water partition coefficient (Wildman–Crippen LogP) is 0.888. The predicted molar refractivity (Wildman–Crippen MR) is 49.6 cm³/mol. The molecule has 1 aliphatic heterocycles. The van der Waals surface area contributed by atoms with Gasteiger partial charge in [-0.25, -0.2) is 10.1 Å². The molecule has 0 aromatic heterocycles. The molecular weight excluding hydrogens is 168 g/mol. The van der Waals surface area contributed by atoms with E-state index < -0.39 is 5.60 Å². The van der Waals surface area contributed by atoms with Gasteiger partial charge in [-0.1, -0.05) is 0 Å². The van der Waals surface area contributed by atoms with Gasteiger partial charge in [0, 0.05) is 19.1 Å². The Hall–Kier alpha value is -0.770. The second-order valence-electron chi connectivity index (χ2n) is 4.26. The van der Waals surface area contributed by atoms with E-state index in [9.17, 15) is 4.79 Å². The van der Waals surface area contributed by atoms with Crippen molar-refractivity contribution < 1.29 is 9.53 Å². The fourth-order valence-electron chi connectivity index (χ4n) is 1.18. The van der Waals surface area contributed by atoms with Gasteiger partial charge in [0.1, 0.15) is 5.60 Å². The largest absolute Gasteiger partial charge is 0.444 e. The smallest absolute Gasteiger partial charge is 0.407 e. The maximum atomic E-state index is 11.2. The van der Waals surface area contributed by atoms with Crippen LogP contribution in [0.15, 0.2) is 0 Å². The van der Waals surface area contributed by atoms with Crippen LogP contribution in [-0.2, 0) is 4.74 Å². The summed E-state index contributed by atoms with van der Waals surface area (Å²) in [5.41, 5.74) is -0.417. The summed E-state index contributed by atoms with van der Waals surface area (Å²) in [5, 5.41) is 6.92. The number of nitrogens with zero attached hydrogens (tertiary/aromatic N) is 1. The van der Waals surface area contributed by atoms with Gasteiger partial charge in [0.15, 0.2) is 0 Å².